The zero-order valence-corrected chi connectivity index (χ0v) is 14.9. The van der Waals surface area contributed by atoms with Gasteiger partial charge in [-0.3, -0.25) is 9.69 Å². The second-order valence-electron chi connectivity index (χ2n) is 6.43. The summed E-state index contributed by atoms with van der Waals surface area (Å²) in [6.45, 7) is 2.85. The maximum atomic E-state index is 12.2. The van der Waals surface area contributed by atoms with E-state index in [0.717, 1.165) is 58.4 Å². The van der Waals surface area contributed by atoms with E-state index in [4.69, 9.17) is 10.5 Å². The lowest BCUT2D eigenvalue weighted by molar-refractivity contribution is 0.372. The van der Waals surface area contributed by atoms with Gasteiger partial charge in [-0.1, -0.05) is 12.2 Å². The highest BCUT2D eigenvalue weighted by atomic mass is 32.1. The van der Waals surface area contributed by atoms with E-state index < -0.39 is 0 Å². The van der Waals surface area contributed by atoms with Gasteiger partial charge in [0.1, 0.15) is 10.4 Å². The van der Waals surface area contributed by atoms with Crippen LogP contribution in [-0.4, -0.2) is 42.7 Å². The zero-order valence-electron chi connectivity index (χ0n) is 14.1. The second kappa shape index (κ2) is 6.63. The average molecular weight is 355 g/mol. The van der Waals surface area contributed by atoms with Gasteiger partial charge < -0.3 is 15.5 Å². The van der Waals surface area contributed by atoms with Crippen LogP contribution in [-0.2, 0) is 0 Å². The fourth-order valence-electron chi connectivity index (χ4n) is 3.55. The fraction of sp³-hybridized carbons (Fsp3) is 0.316. The molecule has 0 bridgehead atoms. The number of hydrogen-bond donors (Lipinski definition) is 2. The number of pyridine rings is 1. The number of nitrogens with two attached hydrogens (primary N) is 1. The molecule has 0 radical (unpaired) electrons. The molecule has 1 unspecified atom stereocenters. The van der Waals surface area contributed by atoms with Crippen molar-refractivity contribution in [1.29, 1.82) is 0 Å². The van der Waals surface area contributed by atoms with Gasteiger partial charge >= 0.3 is 0 Å². The molecule has 25 heavy (non-hydrogen) atoms. The Labute approximate surface area is 149 Å². The number of nitrogens with zero attached hydrogens (tertiary/aromatic N) is 1. The quantitative estimate of drug-likeness (QED) is 0.755. The molecule has 1 aromatic carbocycles. The van der Waals surface area contributed by atoms with Crippen molar-refractivity contribution < 1.29 is 4.74 Å². The van der Waals surface area contributed by atoms with Crippen LogP contribution >= 0.6 is 11.3 Å². The van der Waals surface area contributed by atoms with Crippen LogP contribution in [0.2, 0.25) is 0 Å². The maximum absolute atomic E-state index is 12.2. The number of thiophene rings is 1. The number of H-pyrrole nitrogens is 1. The highest BCUT2D eigenvalue weighted by Crippen LogP contribution is 2.34. The van der Waals surface area contributed by atoms with Gasteiger partial charge in [-0.2, -0.15) is 0 Å². The van der Waals surface area contributed by atoms with E-state index in [2.05, 4.69) is 22.0 Å². The van der Waals surface area contributed by atoms with Crippen LogP contribution in [0.4, 0.5) is 0 Å². The van der Waals surface area contributed by atoms with Gasteiger partial charge in [0, 0.05) is 47.5 Å². The molecular weight excluding hydrogens is 334 g/mol. The molecule has 1 aliphatic heterocycles. The van der Waals surface area contributed by atoms with E-state index in [-0.39, 0.29) is 11.6 Å². The lowest BCUT2D eigenvalue weighted by Gasteiger charge is -2.13. The number of likely N-dealkylation sites (tertiary alicyclic amines) is 1. The minimum absolute atomic E-state index is 0.0383. The number of aromatic nitrogens is 1. The number of benzene rings is 1. The number of ether oxygens (including phenoxy) is 1. The third-order valence-electron chi connectivity index (χ3n) is 4.77. The standard InChI is InChI=1S/C19H21N3O2S/c1-24-16-5-4-15-17(14-7-10-25-18(14)19(23)21-15)13(16)3-2-8-22-9-6-12(20)11-22/h2-5,7,10,12H,6,8-9,11,20H2,1H3,(H,21,23)/b3-2+. The number of nitrogens with one attached hydrogen (secondary N) is 1. The number of fused-ring (bicyclic) bond motifs is 3. The molecule has 3 N–H and O–H groups in total. The van der Waals surface area contributed by atoms with Crippen LogP contribution in [0.1, 0.15) is 12.0 Å². The van der Waals surface area contributed by atoms with Crippen molar-refractivity contribution in [2.24, 2.45) is 5.73 Å². The van der Waals surface area contributed by atoms with Crippen molar-refractivity contribution in [1.82, 2.24) is 9.88 Å². The Morgan fingerprint density at radius 2 is 2.32 bits per heavy atom. The van der Waals surface area contributed by atoms with E-state index in [0.29, 0.717) is 0 Å². The predicted octanol–water partition coefficient (Wildman–Crippen LogP) is 2.80. The van der Waals surface area contributed by atoms with E-state index in [1.165, 1.54) is 11.3 Å². The first kappa shape index (κ1) is 16.3. The maximum Gasteiger partial charge on any atom is 0.266 e. The minimum atomic E-state index is -0.0383. The molecular formula is C19H21N3O2S. The molecule has 0 aliphatic carbocycles. The lowest BCUT2D eigenvalue weighted by Crippen LogP contribution is -2.26. The summed E-state index contributed by atoms with van der Waals surface area (Å²) in [5.74, 6) is 0.807. The molecule has 1 atom stereocenters. The Balaban J connectivity index is 1.80. The smallest absolute Gasteiger partial charge is 0.266 e. The van der Waals surface area contributed by atoms with Crippen molar-refractivity contribution in [2.75, 3.05) is 26.7 Å². The first-order chi connectivity index (χ1) is 12.2. The first-order valence-electron chi connectivity index (χ1n) is 8.42. The minimum Gasteiger partial charge on any atom is -0.496 e. The van der Waals surface area contributed by atoms with Gasteiger partial charge in [0.15, 0.2) is 0 Å². The van der Waals surface area contributed by atoms with E-state index >= 15 is 0 Å². The average Bonchev–Trinajstić information content (AvgIpc) is 3.24. The summed E-state index contributed by atoms with van der Waals surface area (Å²) in [5, 5.41) is 3.97. The summed E-state index contributed by atoms with van der Waals surface area (Å²) in [7, 11) is 1.68. The molecule has 5 nitrogen and oxygen atoms in total. The van der Waals surface area contributed by atoms with Crippen molar-refractivity contribution in [2.45, 2.75) is 12.5 Å². The molecule has 1 aliphatic rings. The number of hydrogen-bond acceptors (Lipinski definition) is 5. The summed E-state index contributed by atoms with van der Waals surface area (Å²) in [6.07, 6.45) is 5.31. The van der Waals surface area contributed by atoms with Gasteiger partial charge in [0.05, 0.1) is 7.11 Å². The fourth-order valence-corrected chi connectivity index (χ4v) is 4.34. The summed E-state index contributed by atoms with van der Waals surface area (Å²) >= 11 is 1.46. The molecule has 3 heterocycles. The van der Waals surface area contributed by atoms with Crippen molar-refractivity contribution in [3.05, 3.63) is 45.6 Å². The molecule has 2 aromatic heterocycles. The largest absolute Gasteiger partial charge is 0.496 e. The van der Waals surface area contributed by atoms with Crippen LogP contribution in [0.25, 0.3) is 27.1 Å². The highest BCUT2D eigenvalue weighted by Gasteiger charge is 2.17. The van der Waals surface area contributed by atoms with E-state index in [9.17, 15) is 4.79 Å². The topological polar surface area (TPSA) is 71.4 Å². The Hall–Kier alpha value is -2.15. The number of rotatable bonds is 4. The van der Waals surface area contributed by atoms with E-state index in [1.807, 2.05) is 23.6 Å². The van der Waals surface area contributed by atoms with Crippen LogP contribution in [0, 0.1) is 0 Å². The molecule has 1 fully saturated rings. The normalized spacial score (nSPS) is 18.7. The SMILES string of the molecule is COc1ccc2[nH]c(=O)c3sccc3c2c1/C=C/CN1CCC(N)C1. The molecule has 1 saturated heterocycles. The Morgan fingerprint density at radius 3 is 3.08 bits per heavy atom. The van der Waals surface area contributed by atoms with Crippen LogP contribution in [0.15, 0.2) is 34.4 Å². The second-order valence-corrected chi connectivity index (χ2v) is 7.35. The molecule has 130 valence electrons. The zero-order chi connectivity index (χ0) is 17.4. The summed E-state index contributed by atoms with van der Waals surface area (Å²) < 4.78 is 6.33. The summed E-state index contributed by atoms with van der Waals surface area (Å²) in [6, 6.07) is 6.11. The monoisotopic (exact) mass is 355 g/mol. The summed E-state index contributed by atoms with van der Waals surface area (Å²) in [5.41, 5.74) is 7.77. The third-order valence-corrected chi connectivity index (χ3v) is 5.68. The molecule has 0 amide bonds. The molecule has 6 heteroatoms. The molecule has 0 saturated carbocycles. The Morgan fingerprint density at radius 1 is 1.44 bits per heavy atom. The molecule has 4 rings (SSSR count). The number of aromatic amines is 1. The third kappa shape index (κ3) is 2.97. The van der Waals surface area contributed by atoms with Crippen molar-refractivity contribution in [3.63, 3.8) is 0 Å². The van der Waals surface area contributed by atoms with E-state index in [1.54, 1.807) is 7.11 Å². The lowest BCUT2D eigenvalue weighted by atomic mass is 10.0. The molecule has 0 spiro atoms. The molecule has 3 aromatic rings. The van der Waals surface area contributed by atoms with Crippen LogP contribution in [0.3, 0.4) is 0 Å². The van der Waals surface area contributed by atoms with Gasteiger partial charge in [0.25, 0.3) is 5.56 Å². The Kier molecular flexibility index (Phi) is 4.33. The highest BCUT2D eigenvalue weighted by molar-refractivity contribution is 7.17. The van der Waals surface area contributed by atoms with Crippen LogP contribution < -0.4 is 16.0 Å². The predicted molar refractivity (Wildman–Crippen MR) is 105 cm³/mol. The number of methoxy groups -OCH3 is 1. The van der Waals surface area contributed by atoms with Crippen molar-refractivity contribution in [3.8, 4) is 5.75 Å². The van der Waals surface area contributed by atoms with Gasteiger partial charge in [-0.25, -0.2) is 0 Å². The van der Waals surface area contributed by atoms with Gasteiger partial charge in [-0.05, 0) is 30.0 Å². The van der Waals surface area contributed by atoms with Gasteiger partial charge in [-0.15, -0.1) is 11.3 Å². The van der Waals surface area contributed by atoms with Crippen LogP contribution in [0.5, 0.6) is 5.75 Å². The Bertz CT molecular complexity index is 1000. The van der Waals surface area contributed by atoms with Crippen molar-refractivity contribution >= 4 is 38.4 Å². The first-order valence-corrected chi connectivity index (χ1v) is 9.30. The van der Waals surface area contributed by atoms with Gasteiger partial charge in [0.2, 0.25) is 0 Å². The summed E-state index contributed by atoms with van der Waals surface area (Å²) in [4.78, 5) is 17.6.